The molecule has 0 saturated heterocycles. The normalized spacial score (nSPS) is 22.3. The van der Waals surface area contributed by atoms with Gasteiger partial charge in [-0.15, -0.1) is 10.2 Å². The fourth-order valence-corrected chi connectivity index (χ4v) is 5.14. The predicted octanol–water partition coefficient (Wildman–Crippen LogP) is 4.42. The summed E-state index contributed by atoms with van der Waals surface area (Å²) < 4.78 is 30.6. The molecule has 0 spiro atoms. The topological polar surface area (TPSA) is 97.0 Å². The van der Waals surface area contributed by atoms with Crippen LogP contribution in [-0.4, -0.2) is 48.1 Å². The van der Waals surface area contributed by atoms with Crippen LogP contribution < -0.4 is 10.6 Å². The number of phenols is 1. The molecule has 2 heterocycles. The van der Waals surface area contributed by atoms with Gasteiger partial charge in [0.2, 0.25) is 0 Å². The molecule has 1 N–H and O–H groups in total. The number of halogens is 2. The number of rotatable bonds is 6. The number of phenolic OH excluding ortho intramolecular Hbond substituents is 1. The fraction of sp³-hybridized carbons (Fsp3) is 0.500. The van der Waals surface area contributed by atoms with Crippen LogP contribution in [0.1, 0.15) is 51.9 Å². The second kappa shape index (κ2) is 9.91. The number of aromatic nitrogens is 5. The summed E-state index contributed by atoms with van der Waals surface area (Å²) in [4.78, 5) is 22.1. The van der Waals surface area contributed by atoms with Crippen LogP contribution in [-0.2, 0) is 7.05 Å². The van der Waals surface area contributed by atoms with Crippen molar-refractivity contribution < 1.29 is 13.9 Å². The number of nitrogens with zero attached hydrogens (tertiary/aromatic N) is 6. The number of anilines is 1. The standard InChI is InChI=1S/C26H30F2N6O2/c1-3-15-5-4-6-19(27)21(11-15)34(17-8-9-17)23-13-29-25(32-31-23)18-10-7-16(12-22(18)35)24-20(28)14-33(2)26(36)30-24/h7,10,12-15,17,19,21,35H,3-6,8-9,11H2,1-2H3/t15-,19+,21-/m1/s1. The van der Waals surface area contributed by atoms with Crippen molar-refractivity contribution in [1.29, 1.82) is 0 Å². The van der Waals surface area contributed by atoms with Gasteiger partial charge < -0.3 is 10.0 Å². The van der Waals surface area contributed by atoms with Gasteiger partial charge in [0.25, 0.3) is 0 Å². The van der Waals surface area contributed by atoms with Gasteiger partial charge in [-0.3, -0.25) is 4.57 Å². The molecular formula is C26H30F2N6O2. The van der Waals surface area contributed by atoms with Gasteiger partial charge in [0, 0.05) is 24.8 Å². The lowest BCUT2D eigenvalue weighted by Crippen LogP contribution is -2.44. The Morgan fingerprint density at radius 3 is 2.67 bits per heavy atom. The monoisotopic (exact) mass is 496 g/mol. The van der Waals surface area contributed by atoms with Crippen molar-refractivity contribution in [2.45, 2.75) is 70.1 Å². The Bertz CT molecular complexity index is 1290. The van der Waals surface area contributed by atoms with E-state index in [1.807, 2.05) is 0 Å². The number of hydrogen-bond acceptors (Lipinski definition) is 7. The summed E-state index contributed by atoms with van der Waals surface area (Å²) in [6, 6.07) is 4.41. The largest absolute Gasteiger partial charge is 0.507 e. The summed E-state index contributed by atoms with van der Waals surface area (Å²) in [5.74, 6) is 0.369. The third-order valence-electron chi connectivity index (χ3n) is 7.33. The molecule has 0 amide bonds. The first-order chi connectivity index (χ1) is 17.4. The van der Waals surface area contributed by atoms with Gasteiger partial charge in [-0.1, -0.05) is 32.3 Å². The summed E-state index contributed by atoms with van der Waals surface area (Å²) in [5, 5.41) is 19.2. The maximum atomic E-state index is 15.2. The summed E-state index contributed by atoms with van der Waals surface area (Å²) >= 11 is 0. The van der Waals surface area contributed by atoms with E-state index in [0.717, 1.165) is 49.3 Å². The molecule has 0 unspecified atom stereocenters. The molecule has 2 fully saturated rings. The molecule has 2 saturated carbocycles. The Labute approximate surface area is 208 Å². The van der Waals surface area contributed by atoms with Crippen molar-refractivity contribution in [2.24, 2.45) is 13.0 Å². The third kappa shape index (κ3) is 4.81. The summed E-state index contributed by atoms with van der Waals surface area (Å²) in [6.07, 6.45) is 8.09. The van der Waals surface area contributed by atoms with Crippen LogP contribution in [0.15, 0.2) is 35.4 Å². The number of hydrogen-bond donors (Lipinski definition) is 1. The zero-order valence-corrected chi connectivity index (χ0v) is 20.4. The van der Waals surface area contributed by atoms with Gasteiger partial charge >= 0.3 is 5.69 Å². The zero-order chi connectivity index (χ0) is 25.4. The molecule has 8 nitrogen and oxygen atoms in total. The van der Waals surface area contributed by atoms with Crippen LogP contribution >= 0.6 is 0 Å². The van der Waals surface area contributed by atoms with Crippen molar-refractivity contribution in [2.75, 3.05) is 4.90 Å². The maximum absolute atomic E-state index is 15.2. The lowest BCUT2D eigenvalue weighted by atomic mass is 9.94. The van der Waals surface area contributed by atoms with Crippen LogP contribution in [0.2, 0.25) is 0 Å². The first-order valence-corrected chi connectivity index (χ1v) is 12.5. The van der Waals surface area contributed by atoms with E-state index in [1.54, 1.807) is 6.20 Å². The Hall–Kier alpha value is -3.43. The molecular weight excluding hydrogens is 466 g/mol. The molecule has 36 heavy (non-hydrogen) atoms. The molecule has 2 aliphatic carbocycles. The van der Waals surface area contributed by atoms with E-state index in [2.05, 4.69) is 32.0 Å². The van der Waals surface area contributed by atoms with Crippen LogP contribution in [0.5, 0.6) is 5.75 Å². The van der Waals surface area contributed by atoms with E-state index in [0.29, 0.717) is 23.7 Å². The summed E-state index contributed by atoms with van der Waals surface area (Å²) in [5.41, 5.74) is -0.190. The molecule has 2 aromatic heterocycles. The number of benzene rings is 1. The SMILES string of the molecule is CC[C@@H]1CCC[C@H](F)[C@H](N(c2cnc(-c3ccc(-c4nc(=O)n(C)cc4F)cc3O)nn2)C2CC2)C1. The number of aromatic hydroxyl groups is 1. The maximum Gasteiger partial charge on any atom is 0.348 e. The lowest BCUT2D eigenvalue weighted by Gasteiger charge is -2.35. The highest BCUT2D eigenvalue weighted by Gasteiger charge is 2.40. The van der Waals surface area contributed by atoms with E-state index in [-0.39, 0.29) is 34.9 Å². The average molecular weight is 497 g/mol. The Morgan fingerprint density at radius 1 is 1.19 bits per heavy atom. The second-order valence-corrected chi connectivity index (χ2v) is 9.87. The first kappa shape index (κ1) is 24.3. The number of alkyl halides is 1. The molecule has 3 aromatic rings. The highest BCUT2D eigenvalue weighted by Crippen LogP contribution is 2.39. The van der Waals surface area contributed by atoms with Gasteiger partial charge in [0.1, 0.15) is 17.6 Å². The molecule has 1 aromatic carbocycles. The Morgan fingerprint density at radius 2 is 2.00 bits per heavy atom. The molecule has 3 atom stereocenters. The molecule has 0 aliphatic heterocycles. The van der Waals surface area contributed by atoms with Gasteiger partial charge in [-0.25, -0.2) is 18.6 Å². The molecule has 190 valence electrons. The zero-order valence-electron chi connectivity index (χ0n) is 20.4. The van der Waals surface area contributed by atoms with Crippen LogP contribution in [0.25, 0.3) is 22.6 Å². The van der Waals surface area contributed by atoms with E-state index in [9.17, 15) is 14.3 Å². The van der Waals surface area contributed by atoms with Crippen LogP contribution in [0.4, 0.5) is 14.6 Å². The fourth-order valence-electron chi connectivity index (χ4n) is 5.14. The van der Waals surface area contributed by atoms with Crippen molar-refractivity contribution in [3.8, 4) is 28.4 Å². The Balaban J connectivity index is 1.42. The highest BCUT2D eigenvalue weighted by molar-refractivity contribution is 5.71. The Kier molecular flexibility index (Phi) is 6.68. The van der Waals surface area contributed by atoms with E-state index >= 15 is 4.39 Å². The van der Waals surface area contributed by atoms with Gasteiger partial charge in [0.05, 0.1) is 17.8 Å². The van der Waals surface area contributed by atoms with E-state index in [4.69, 9.17) is 0 Å². The van der Waals surface area contributed by atoms with Crippen LogP contribution in [0, 0.1) is 11.7 Å². The van der Waals surface area contributed by atoms with Crippen molar-refractivity contribution in [1.82, 2.24) is 24.7 Å². The second-order valence-electron chi connectivity index (χ2n) is 9.87. The van der Waals surface area contributed by atoms with Crippen molar-refractivity contribution in [3.63, 3.8) is 0 Å². The van der Waals surface area contributed by atoms with Gasteiger partial charge in [-0.05, 0) is 43.7 Å². The van der Waals surface area contributed by atoms with Crippen molar-refractivity contribution in [3.05, 3.63) is 46.9 Å². The molecule has 10 heteroatoms. The minimum absolute atomic E-state index is 0.149. The number of aryl methyl sites for hydroxylation is 1. The summed E-state index contributed by atoms with van der Waals surface area (Å²) in [6.45, 7) is 2.16. The summed E-state index contributed by atoms with van der Waals surface area (Å²) in [7, 11) is 1.41. The van der Waals surface area contributed by atoms with Crippen molar-refractivity contribution >= 4 is 5.82 Å². The minimum atomic E-state index is -0.913. The molecule has 0 radical (unpaired) electrons. The van der Waals surface area contributed by atoms with Gasteiger partial charge in [0.15, 0.2) is 17.5 Å². The third-order valence-corrected chi connectivity index (χ3v) is 7.33. The van der Waals surface area contributed by atoms with E-state index < -0.39 is 17.7 Å². The first-order valence-electron chi connectivity index (χ1n) is 12.5. The van der Waals surface area contributed by atoms with Crippen LogP contribution in [0.3, 0.4) is 0 Å². The van der Waals surface area contributed by atoms with Gasteiger partial charge in [-0.2, -0.15) is 4.98 Å². The highest BCUT2D eigenvalue weighted by atomic mass is 19.1. The smallest absolute Gasteiger partial charge is 0.348 e. The predicted molar refractivity (Wildman–Crippen MR) is 132 cm³/mol. The lowest BCUT2D eigenvalue weighted by molar-refractivity contribution is 0.247. The average Bonchev–Trinajstić information content (AvgIpc) is 3.71. The minimum Gasteiger partial charge on any atom is -0.507 e. The van der Waals surface area contributed by atoms with E-state index in [1.165, 1.54) is 25.2 Å². The molecule has 2 aliphatic rings. The quantitative estimate of drug-likeness (QED) is 0.505. The molecule has 0 bridgehead atoms. The molecule has 5 rings (SSSR count).